The molecule has 5 rings (SSSR count). The lowest BCUT2D eigenvalue weighted by atomic mass is 9.96. The van der Waals surface area contributed by atoms with Crippen LogP contribution in [0.4, 0.5) is 4.39 Å². The van der Waals surface area contributed by atoms with Crippen LogP contribution < -0.4 is 0 Å². The van der Waals surface area contributed by atoms with Gasteiger partial charge in [-0.2, -0.15) is 5.10 Å². The van der Waals surface area contributed by atoms with Crippen molar-refractivity contribution in [1.82, 2.24) is 24.2 Å². The van der Waals surface area contributed by atoms with Crippen molar-refractivity contribution in [3.63, 3.8) is 0 Å². The third kappa shape index (κ3) is 3.83. The summed E-state index contributed by atoms with van der Waals surface area (Å²) >= 11 is 0. The summed E-state index contributed by atoms with van der Waals surface area (Å²) in [5.74, 6) is -0.194. The number of fused-ring (bicyclic) bond motifs is 1. The Labute approximate surface area is 179 Å². The zero-order chi connectivity index (χ0) is 21.4. The summed E-state index contributed by atoms with van der Waals surface area (Å²) in [5, 5.41) is 5.37. The van der Waals surface area contributed by atoms with Crippen molar-refractivity contribution in [2.24, 2.45) is 13.0 Å². The van der Waals surface area contributed by atoms with Gasteiger partial charge in [0.2, 0.25) is 0 Å². The Kier molecular flexibility index (Phi) is 5.02. The number of nitrogens with zero attached hydrogens (tertiary/aromatic N) is 5. The van der Waals surface area contributed by atoms with Crippen molar-refractivity contribution >= 4 is 16.8 Å². The number of aromatic nitrogens is 4. The third-order valence-corrected chi connectivity index (χ3v) is 6.12. The van der Waals surface area contributed by atoms with Gasteiger partial charge in [-0.05, 0) is 43.0 Å². The predicted octanol–water partition coefficient (Wildman–Crippen LogP) is 4.13. The van der Waals surface area contributed by atoms with Gasteiger partial charge in [0.1, 0.15) is 5.82 Å². The van der Waals surface area contributed by atoms with Crippen LogP contribution in [0.15, 0.2) is 61.2 Å². The first-order chi connectivity index (χ1) is 15.1. The van der Waals surface area contributed by atoms with Gasteiger partial charge in [-0.3, -0.25) is 14.5 Å². The Balaban J connectivity index is 1.25. The van der Waals surface area contributed by atoms with Gasteiger partial charge in [-0.15, -0.1) is 0 Å². The van der Waals surface area contributed by atoms with E-state index in [1.165, 1.54) is 6.07 Å². The van der Waals surface area contributed by atoms with E-state index in [4.69, 9.17) is 0 Å². The fourth-order valence-corrected chi connectivity index (χ4v) is 4.36. The first kappa shape index (κ1) is 19.5. The van der Waals surface area contributed by atoms with E-state index in [0.29, 0.717) is 19.0 Å². The predicted molar refractivity (Wildman–Crippen MR) is 117 cm³/mol. The van der Waals surface area contributed by atoms with Gasteiger partial charge in [0.25, 0.3) is 5.91 Å². The van der Waals surface area contributed by atoms with E-state index in [2.05, 4.69) is 33.0 Å². The number of hydrogen-bond acceptors (Lipinski definition) is 3. The zero-order valence-electron chi connectivity index (χ0n) is 17.4. The molecule has 0 radical (unpaired) electrons. The molecule has 158 valence electrons. The number of amides is 1. The van der Waals surface area contributed by atoms with Crippen LogP contribution in [-0.4, -0.2) is 43.2 Å². The molecule has 1 aliphatic heterocycles. The maximum atomic E-state index is 13.9. The van der Waals surface area contributed by atoms with Gasteiger partial charge in [0, 0.05) is 50.0 Å². The van der Waals surface area contributed by atoms with Gasteiger partial charge in [-0.25, -0.2) is 4.39 Å². The van der Waals surface area contributed by atoms with Crippen LogP contribution in [0.3, 0.4) is 0 Å². The highest BCUT2D eigenvalue weighted by atomic mass is 19.1. The van der Waals surface area contributed by atoms with Crippen LogP contribution in [0.2, 0.25) is 0 Å². The minimum absolute atomic E-state index is 0.160. The van der Waals surface area contributed by atoms with Crippen LogP contribution in [0.25, 0.3) is 22.2 Å². The molecule has 1 aromatic carbocycles. The number of likely N-dealkylation sites (tertiary alicyclic amines) is 1. The molecule has 4 aromatic rings. The molecule has 1 saturated heterocycles. The van der Waals surface area contributed by atoms with E-state index >= 15 is 0 Å². The molecule has 3 aromatic heterocycles. The molecule has 1 fully saturated rings. The summed E-state index contributed by atoms with van der Waals surface area (Å²) in [6.07, 6.45) is 9.62. The molecule has 0 aliphatic carbocycles. The van der Waals surface area contributed by atoms with Crippen molar-refractivity contribution in [2.75, 3.05) is 13.1 Å². The molecular formula is C24H24FN5O. The number of rotatable bonds is 4. The molecule has 1 aliphatic rings. The molecule has 0 unspecified atom stereocenters. The Morgan fingerprint density at radius 2 is 1.97 bits per heavy atom. The Morgan fingerprint density at radius 3 is 2.71 bits per heavy atom. The second-order valence-corrected chi connectivity index (χ2v) is 8.21. The van der Waals surface area contributed by atoms with E-state index in [1.807, 2.05) is 25.6 Å². The maximum Gasteiger partial charge on any atom is 0.256 e. The fourth-order valence-electron chi connectivity index (χ4n) is 4.36. The normalized spacial score (nSPS) is 15.0. The van der Waals surface area contributed by atoms with Crippen molar-refractivity contribution in [1.29, 1.82) is 0 Å². The maximum absolute atomic E-state index is 13.9. The minimum Gasteiger partial charge on any atom is -0.346 e. The summed E-state index contributed by atoms with van der Waals surface area (Å²) in [6.45, 7) is 2.19. The zero-order valence-corrected chi connectivity index (χ0v) is 17.4. The first-order valence-electron chi connectivity index (χ1n) is 10.6. The average Bonchev–Trinajstić information content (AvgIpc) is 3.40. The first-order valence-corrected chi connectivity index (χ1v) is 10.6. The van der Waals surface area contributed by atoms with Crippen molar-refractivity contribution in [3.8, 4) is 11.3 Å². The Hall–Kier alpha value is -3.48. The van der Waals surface area contributed by atoms with Crippen LogP contribution in [0.5, 0.6) is 0 Å². The number of piperidine rings is 1. The number of aryl methyl sites for hydroxylation is 1. The lowest BCUT2D eigenvalue weighted by Gasteiger charge is -2.32. The van der Waals surface area contributed by atoms with E-state index < -0.39 is 5.82 Å². The molecule has 4 heterocycles. The van der Waals surface area contributed by atoms with Crippen LogP contribution >= 0.6 is 0 Å². The number of hydrogen-bond donors (Lipinski definition) is 0. The number of carbonyl (C=O) groups excluding carboxylic acids is 1. The summed E-state index contributed by atoms with van der Waals surface area (Å²) < 4.78 is 18.0. The van der Waals surface area contributed by atoms with Gasteiger partial charge >= 0.3 is 0 Å². The average molecular weight is 417 g/mol. The van der Waals surface area contributed by atoms with Gasteiger partial charge in [-0.1, -0.05) is 12.1 Å². The summed E-state index contributed by atoms with van der Waals surface area (Å²) in [6, 6.07) is 10.4. The number of pyridine rings is 1. The molecule has 0 spiro atoms. The highest BCUT2D eigenvalue weighted by molar-refractivity contribution is 5.94. The van der Waals surface area contributed by atoms with Crippen LogP contribution in [0, 0.1) is 11.7 Å². The van der Waals surface area contributed by atoms with E-state index in [0.717, 1.165) is 41.5 Å². The monoisotopic (exact) mass is 417 g/mol. The quantitative estimate of drug-likeness (QED) is 0.502. The van der Waals surface area contributed by atoms with Crippen LogP contribution in [0.1, 0.15) is 23.2 Å². The van der Waals surface area contributed by atoms with Gasteiger partial charge < -0.3 is 9.47 Å². The second kappa shape index (κ2) is 7.98. The molecule has 6 nitrogen and oxygen atoms in total. The van der Waals surface area contributed by atoms with E-state index in [-0.39, 0.29) is 11.5 Å². The standard InChI is InChI=1S/C24H24FN5O/c1-28-16-19(13-27-28)22-12-18-8-11-30(23(18)14-26-22)15-17-6-9-29(10-7-17)24(31)20-4-2-3-5-21(20)25/h2-5,8,11-14,16-17H,6-7,9-10,15H2,1H3. The number of halogens is 1. The lowest BCUT2D eigenvalue weighted by Crippen LogP contribution is -2.39. The molecule has 0 N–H and O–H groups in total. The molecule has 1 amide bonds. The Bertz CT molecular complexity index is 1240. The second-order valence-electron chi connectivity index (χ2n) is 8.21. The van der Waals surface area contributed by atoms with Gasteiger partial charge in [0.05, 0.1) is 29.2 Å². The topological polar surface area (TPSA) is 56.0 Å². The summed E-state index contributed by atoms with van der Waals surface area (Å²) in [5.41, 5.74) is 3.19. The molecule has 7 heteroatoms. The van der Waals surface area contributed by atoms with Crippen molar-refractivity contribution < 1.29 is 9.18 Å². The highest BCUT2D eigenvalue weighted by Gasteiger charge is 2.25. The minimum atomic E-state index is -0.452. The molecule has 31 heavy (non-hydrogen) atoms. The highest BCUT2D eigenvalue weighted by Crippen LogP contribution is 2.26. The van der Waals surface area contributed by atoms with Gasteiger partial charge in [0.15, 0.2) is 0 Å². The van der Waals surface area contributed by atoms with E-state index in [1.54, 1.807) is 27.8 Å². The van der Waals surface area contributed by atoms with Crippen molar-refractivity contribution in [3.05, 3.63) is 72.6 Å². The molecular weight excluding hydrogens is 393 g/mol. The summed E-state index contributed by atoms with van der Waals surface area (Å²) in [4.78, 5) is 19.0. The number of carbonyl (C=O) groups is 1. The van der Waals surface area contributed by atoms with E-state index in [9.17, 15) is 9.18 Å². The Morgan fingerprint density at radius 1 is 1.16 bits per heavy atom. The summed E-state index contributed by atoms with van der Waals surface area (Å²) in [7, 11) is 1.90. The smallest absolute Gasteiger partial charge is 0.256 e. The lowest BCUT2D eigenvalue weighted by molar-refractivity contribution is 0.0678. The van der Waals surface area contributed by atoms with Crippen LogP contribution in [-0.2, 0) is 13.6 Å². The SMILES string of the molecule is Cn1cc(-c2cc3ccn(CC4CCN(C(=O)c5ccccc5F)CC4)c3cn2)cn1. The third-order valence-electron chi connectivity index (χ3n) is 6.12. The fraction of sp³-hybridized carbons (Fsp3) is 0.292. The molecule has 0 atom stereocenters. The number of benzene rings is 1. The molecule has 0 saturated carbocycles. The molecule has 0 bridgehead atoms. The largest absolute Gasteiger partial charge is 0.346 e. The van der Waals surface area contributed by atoms with Crippen molar-refractivity contribution in [2.45, 2.75) is 19.4 Å².